The van der Waals surface area contributed by atoms with Gasteiger partial charge in [-0.1, -0.05) is 24.3 Å². The van der Waals surface area contributed by atoms with E-state index in [1.54, 1.807) is 12.4 Å². The summed E-state index contributed by atoms with van der Waals surface area (Å²) in [6.45, 7) is 2.02. The molecule has 0 saturated heterocycles. The van der Waals surface area contributed by atoms with Crippen LogP contribution in [0.2, 0.25) is 0 Å². The maximum atomic E-state index is 5.15. The molecule has 0 saturated carbocycles. The summed E-state index contributed by atoms with van der Waals surface area (Å²) < 4.78 is 0. The summed E-state index contributed by atoms with van der Waals surface area (Å²) >= 11 is 5.15. The molecular formula is C14H14N4S. The van der Waals surface area contributed by atoms with E-state index in [1.165, 1.54) is 0 Å². The number of hydrogen-bond acceptors (Lipinski definition) is 3. The molecule has 0 fully saturated rings. The number of hydrazone groups is 1. The normalized spacial score (nSPS) is 10.4. The molecule has 2 N–H and O–H groups in total. The van der Waals surface area contributed by atoms with E-state index in [2.05, 4.69) is 20.8 Å². The van der Waals surface area contributed by atoms with Gasteiger partial charge in [0.05, 0.1) is 11.9 Å². The molecule has 19 heavy (non-hydrogen) atoms. The number of nitrogens with zero attached hydrogens (tertiary/aromatic N) is 2. The fourth-order valence-electron chi connectivity index (χ4n) is 1.47. The van der Waals surface area contributed by atoms with Gasteiger partial charge in [0.2, 0.25) is 0 Å². The lowest BCUT2D eigenvalue weighted by Gasteiger charge is -2.09. The molecular weight excluding hydrogens is 256 g/mol. The van der Waals surface area contributed by atoms with Crippen LogP contribution < -0.4 is 10.7 Å². The number of benzene rings is 1. The summed E-state index contributed by atoms with van der Waals surface area (Å²) in [6, 6.07) is 13.5. The maximum Gasteiger partial charge on any atom is 0.191 e. The summed E-state index contributed by atoms with van der Waals surface area (Å²) in [5.74, 6) is 0. The van der Waals surface area contributed by atoms with Crippen molar-refractivity contribution in [2.75, 3.05) is 5.32 Å². The van der Waals surface area contributed by atoms with E-state index in [0.717, 1.165) is 16.9 Å². The van der Waals surface area contributed by atoms with Gasteiger partial charge in [0, 0.05) is 11.9 Å². The van der Waals surface area contributed by atoms with Gasteiger partial charge in [0.25, 0.3) is 0 Å². The van der Waals surface area contributed by atoms with Crippen LogP contribution in [0, 0.1) is 6.92 Å². The van der Waals surface area contributed by atoms with Crippen LogP contribution in [0.5, 0.6) is 0 Å². The van der Waals surface area contributed by atoms with Crippen LogP contribution in [0.1, 0.15) is 11.3 Å². The fourth-order valence-corrected chi connectivity index (χ4v) is 1.64. The van der Waals surface area contributed by atoms with Crippen LogP contribution in [0.3, 0.4) is 0 Å². The Bertz CT molecular complexity index is 581. The number of aryl methyl sites for hydroxylation is 1. The van der Waals surface area contributed by atoms with E-state index < -0.39 is 0 Å². The second-order valence-corrected chi connectivity index (χ2v) is 4.30. The minimum atomic E-state index is 0.446. The quantitative estimate of drug-likeness (QED) is 0.511. The van der Waals surface area contributed by atoms with Crippen LogP contribution in [0.15, 0.2) is 53.8 Å². The largest absolute Gasteiger partial charge is 0.331 e. The van der Waals surface area contributed by atoms with Gasteiger partial charge in [-0.05, 0) is 42.9 Å². The predicted molar refractivity (Wildman–Crippen MR) is 82.4 cm³/mol. The van der Waals surface area contributed by atoms with Crippen LogP contribution in [0.4, 0.5) is 5.69 Å². The average Bonchev–Trinajstić information content (AvgIpc) is 2.43. The van der Waals surface area contributed by atoms with E-state index >= 15 is 0 Å². The highest BCUT2D eigenvalue weighted by atomic mass is 32.1. The molecule has 2 aromatic rings. The van der Waals surface area contributed by atoms with Gasteiger partial charge in [-0.15, -0.1) is 0 Å². The number of anilines is 1. The molecule has 96 valence electrons. The number of aromatic nitrogens is 1. The first-order valence-electron chi connectivity index (χ1n) is 5.82. The van der Waals surface area contributed by atoms with E-state index in [4.69, 9.17) is 12.2 Å². The van der Waals surface area contributed by atoms with Gasteiger partial charge >= 0.3 is 0 Å². The molecule has 4 nitrogen and oxygen atoms in total. The van der Waals surface area contributed by atoms with Crippen molar-refractivity contribution in [3.8, 4) is 0 Å². The minimum Gasteiger partial charge on any atom is -0.331 e. The topological polar surface area (TPSA) is 49.3 Å². The van der Waals surface area contributed by atoms with Crippen LogP contribution in [-0.4, -0.2) is 16.3 Å². The van der Waals surface area contributed by atoms with Gasteiger partial charge in [-0.25, -0.2) is 0 Å². The molecule has 0 atom stereocenters. The summed E-state index contributed by atoms with van der Waals surface area (Å²) in [5, 5.41) is 7.55. The number of hydrogen-bond donors (Lipinski definition) is 2. The van der Waals surface area contributed by atoms with Gasteiger partial charge in [-0.3, -0.25) is 10.4 Å². The molecule has 5 heteroatoms. The third-order valence-corrected chi connectivity index (χ3v) is 2.64. The Morgan fingerprint density at radius 1 is 1.21 bits per heavy atom. The highest BCUT2D eigenvalue weighted by Crippen LogP contribution is 2.12. The molecule has 1 heterocycles. The first-order valence-corrected chi connectivity index (χ1v) is 6.23. The average molecular weight is 270 g/mol. The fraction of sp³-hybridized carbons (Fsp3) is 0.0714. The van der Waals surface area contributed by atoms with Gasteiger partial charge in [-0.2, -0.15) is 5.10 Å². The third kappa shape index (κ3) is 4.15. The number of rotatable bonds is 3. The number of pyridine rings is 1. The lowest BCUT2D eigenvalue weighted by Crippen LogP contribution is -2.24. The van der Waals surface area contributed by atoms with E-state index in [9.17, 15) is 0 Å². The molecule has 1 aromatic carbocycles. The smallest absolute Gasteiger partial charge is 0.191 e. The molecule has 0 amide bonds. The Balaban J connectivity index is 1.89. The molecule has 0 spiro atoms. The van der Waals surface area contributed by atoms with Gasteiger partial charge in [0.15, 0.2) is 5.11 Å². The third-order valence-electron chi connectivity index (χ3n) is 2.44. The Morgan fingerprint density at radius 3 is 2.74 bits per heavy atom. The standard InChI is InChI=1S/C14H14N4S/c1-11-6-2-3-8-13(11)17-14(19)18-16-10-12-7-4-5-9-15-12/h2-10H,1H3,(H2,17,18,19)/b16-10+. The zero-order valence-corrected chi connectivity index (χ0v) is 11.3. The molecule has 0 aliphatic carbocycles. The van der Waals surface area contributed by atoms with E-state index in [0.29, 0.717) is 5.11 Å². The first-order chi connectivity index (χ1) is 9.25. The minimum absolute atomic E-state index is 0.446. The summed E-state index contributed by atoms with van der Waals surface area (Å²) in [4.78, 5) is 4.12. The number of nitrogens with one attached hydrogen (secondary N) is 2. The predicted octanol–water partition coefficient (Wildman–Crippen LogP) is 2.71. The van der Waals surface area contributed by atoms with Crippen LogP contribution in [0.25, 0.3) is 0 Å². The number of para-hydroxylation sites is 1. The maximum absolute atomic E-state index is 5.15. The molecule has 2 rings (SSSR count). The molecule has 0 radical (unpaired) electrons. The van der Waals surface area contributed by atoms with Crippen molar-refractivity contribution in [1.29, 1.82) is 0 Å². The zero-order chi connectivity index (χ0) is 13.5. The summed E-state index contributed by atoms with van der Waals surface area (Å²) in [6.07, 6.45) is 3.33. The van der Waals surface area contributed by atoms with Crippen molar-refractivity contribution < 1.29 is 0 Å². The summed E-state index contributed by atoms with van der Waals surface area (Å²) in [7, 11) is 0. The molecule has 0 aliphatic rings. The zero-order valence-electron chi connectivity index (χ0n) is 10.5. The van der Waals surface area contributed by atoms with Crippen molar-refractivity contribution in [3.05, 3.63) is 59.9 Å². The van der Waals surface area contributed by atoms with Crippen molar-refractivity contribution in [1.82, 2.24) is 10.4 Å². The van der Waals surface area contributed by atoms with Gasteiger partial charge < -0.3 is 5.32 Å². The van der Waals surface area contributed by atoms with Crippen molar-refractivity contribution in [3.63, 3.8) is 0 Å². The van der Waals surface area contributed by atoms with Gasteiger partial charge in [0.1, 0.15) is 0 Å². The van der Waals surface area contributed by atoms with E-state index in [1.807, 2.05) is 49.4 Å². The Hall–Kier alpha value is -2.27. The Morgan fingerprint density at radius 2 is 2.00 bits per heavy atom. The lowest BCUT2D eigenvalue weighted by molar-refractivity contribution is 1.05. The molecule has 0 bridgehead atoms. The second kappa shape index (κ2) is 6.61. The van der Waals surface area contributed by atoms with Crippen LogP contribution >= 0.6 is 12.2 Å². The van der Waals surface area contributed by atoms with Crippen molar-refractivity contribution >= 4 is 29.2 Å². The molecule has 0 aliphatic heterocycles. The number of thiocarbonyl (C=S) groups is 1. The molecule has 0 unspecified atom stereocenters. The van der Waals surface area contributed by atoms with E-state index in [-0.39, 0.29) is 0 Å². The summed E-state index contributed by atoms with van der Waals surface area (Å²) in [5.41, 5.74) is 5.62. The van der Waals surface area contributed by atoms with Crippen LogP contribution in [-0.2, 0) is 0 Å². The Kier molecular flexibility index (Phi) is 4.58. The van der Waals surface area contributed by atoms with Crippen molar-refractivity contribution in [2.24, 2.45) is 5.10 Å². The second-order valence-electron chi connectivity index (χ2n) is 3.89. The SMILES string of the molecule is Cc1ccccc1NC(=S)N/N=C/c1ccccn1. The Labute approximate surface area is 117 Å². The first kappa shape index (κ1) is 13.2. The monoisotopic (exact) mass is 270 g/mol. The van der Waals surface area contributed by atoms with Crippen molar-refractivity contribution in [2.45, 2.75) is 6.92 Å². The highest BCUT2D eigenvalue weighted by molar-refractivity contribution is 7.80. The lowest BCUT2D eigenvalue weighted by atomic mass is 10.2. The highest BCUT2D eigenvalue weighted by Gasteiger charge is 1.98. The molecule has 1 aromatic heterocycles.